The maximum Gasteiger partial charge on any atom is 0.148 e. The minimum atomic E-state index is 0.948. The van der Waals surface area contributed by atoms with E-state index in [0.717, 1.165) is 44.5 Å². The number of nitrogens with zero attached hydrogens (tertiary/aromatic N) is 3. The molecule has 0 spiro atoms. The molecule has 0 saturated heterocycles. The second-order valence-electron chi connectivity index (χ2n) is 11.2. The third-order valence-electron chi connectivity index (χ3n) is 8.74. The summed E-state index contributed by atoms with van der Waals surface area (Å²) in [5.74, 6) is 0. The zero-order chi connectivity index (χ0) is 29.0. The van der Waals surface area contributed by atoms with Gasteiger partial charge in [0.2, 0.25) is 0 Å². The van der Waals surface area contributed by atoms with E-state index in [2.05, 4.69) is 173 Å². The molecule has 44 heavy (non-hydrogen) atoms. The molecule has 0 aliphatic carbocycles. The van der Waals surface area contributed by atoms with Gasteiger partial charge >= 0.3 is 0 Å². The third kappa shape index (κ3) is 3.66. The zero-order valence-corrected chi connectivity index (χ0v) is 23.9. The van der Waals surface area contributed by atoms with Crippen molar-refractivity contribution in [2.24, 2.45) is 0 Å². The van der Waals surface area contributed by atoms with Gasteiger partial charge in [0.1, 0.15) is 11.3 Å². The molecule has 0 fully saturated rings. The molecule has 0 aliphatic rings. The summed E-state index contributed by atoms with van der Waals surface area (Å²) in [6, 6.07) is 58.2. The van der Waals surface area contributed by atoms with Crippen LogP contribution in [0.4, 0.5) is 0 Å². The van der Waals surface area contributed by atoms with Crippen molar-refractivity contribution >= 4 is 43.9 Å². The Morgan fingerprint density at radius 2 is 0.727 bits per heavy atom. The Balaban J connectivity index is 1.43. The highest BCUT2D eigenvalue weighted by Gasteiger charge is 2.21. The van der Waals surface area contributed by atoms with E-state index < -0.39 is 0 Å². The van der Waals surface area contributed by atoms with Gasteiger partial charge in [-0.2, -0.15) is 0 Å². The van der Waals surface area contributed by atoms with Crippen molar-refractivity contribution in [2.45, 2.75) is 0 Å². The van der Waals surface area contributed by atoms with E-state index >= 15 is 0 Å². The van der Waals surface area contributed by atoms with Crippen molar-refractivity contribution in [1.29, 1.82) is 0 Å². The summed E-state index contributed by atoms with van der Waals surface area (Å²) in [5.41, 5.74) is 11.1. The first-order valence-corrected chi connectivity index (χ1v) is 15.0. The fourth-order valence-corrected chi connectivity index (χ4v) is 6.80. The molecule has 3 heteroatoms. The lowest BCUT2D eigenvalue weighted by molar-refractivity contribution is 1.11. The minimum absolute atomic E-state index is 0.948. The Kier molecular flexibility index (Phi) is 5.50. The van der Waals surface area contributed by atoms with Crippen molar-refractivity contribution in [3.8, 4) is 33.6 Å². The second kappa shape index (κ2) is 9.82. The van der Waals surface area contributed by atoms with Crippen LogP contribution < -0.4 is 0 Å². The summed E-state index contributed by atoms with van der Waals surface area (Å²) in [6.07, 6.45) is 0. The van der Waals surface area contributed by atoms with Crippen LogP contribution in [0.2, 0.25) is 0 Å². The quantitative estimate of drug-likeness (QED) is 0.210. The normalized spacial score (nSPS) is 11.6. The lowest BCUT2D eigenvalue weighted by Crippen LogP contribution is -2.01. The number of rotatable bonds is 4. The molecule has 9 rings (SSSR count). The Morgan fingerprint density at radius 3 is 1.20 bits per heavy atom. The Bertz CT molecular complexity index is 2310. The summed E-state index contributed by atoms with van der Waals surface area (Å²) in [4.78, 5) is 5.60. The van der Waals surface area contributed by atoms with Crippen molar-refractivity contribution in [3.05, 3.63) is 164 Å². The molecule has 0 N–H and O–H groups in total. The van der Waals surface area contributed by atoms with Gasteiger partial charge in [0, 0.05) is 32.7 Å². The van der Waals surface area contributed by atoms with Gasteiger partial charge in [0.05, 0.1) is 22.4 Å². The molecule has 3 nitrogen and oxygen atoms in total. The molecule has 6 aromatic carbocycles. The number of aromatic nitrogens is 3. The number of benzene rings is 6. The maximum absolute atomic E-state index is 5.60. The maximum atomic E-state index is 5.60. The number of para-hydroxylation sites is 4. The molecule has 0 saturated carbocycles. The van der Waals surface area contributed by atoms with Gasteiger partial charge in [-0.15, -0.1) is 0 Å². The monoisotopic (exact) mass is 561 g/mol. The van der Waals surface area contributed by atoms with Crippen molar-refractivity contribution < 1.29 is 0 Å². The molecule has 3 aromatic heterocycles. The van der Waals surface area contributed by atoms with E-state index in [0.29, 0.717) is 0 Å². The van der Waals surface area contributed by atoms with Crippen LogP contribution in [-0.2, 0) is 0 Å². The van der Waals surface area contributed by atoms with Gasteiger partial charge < -0.3 is 0 Å². The molecule has 0 unspecified atom stereocenters. The van der Waals surface area contributed by atoms with Crippen LogP contribution in [0.25, 0.3) is 77.5 Å². The molecule has 0 bridgehead atoms. The van der Waals surface area contributed by atoms with E-state index in [1.807, 2.05) is 0 Å². The SMILES string of the molecule is c1ccc(-c2ccccc2-n2c3ccccc3c3cc4c5ccccc5n(-c5ccccc5-c5ccccc5)c4nc32)cc1. The van der Waals surface area contributed by atoms with E-state index in [1.165, 1.54) is 33.0 Å². The van der Waals surface area contributed by atoms with E-state index in [-0.39, 0.29) is 0 Å². The highest BCUT2D eigenvalue weighted by Crippen LogP contribution is 2.40. The topological polar surface area (TPSA) is 22.8 Å². The van der Waals surface area contributed by atoms with Crippen LogP contribution in [0.5, 0.6) is 0 Å². The average Bonchev–Trinajstić information content (AvgIpc) is 3.60. The van der Waals surface area contributed by atoms with Gasteiger partial charge in [-0.25, -0.2) is 4.98 Å². The van der Waals surface area contributed by atoms with Crippen LogP contribution in [0.15, 0.2) is 164 Å². The summed E-state index contributed by atoms with van der Waals surface area (Å²) in [6.45, 7) is 0. The fraction of sp³-hybridized carbons (Fsp3) is 0. The first-order valence-electron chi connectivity index (χ1n) is 15.0. The van der Waals surface area contributed by atoms with Gasteiger partial charge in [-0.1, -0.05) is 133 Å². The lowest BCUT2D eigenvalue weighted by atomic mass is 10.0. The largest absolute Gasteiger partial charge is 0.293 e. The minimum Gasteiger partial charge on any atom is -0.293 e. The number of hydrogen-bond acceptors (Lipinski definition) is 1. The molecule has 3 heterocycles. The first-order chi connectivity index (χ1) is 21.9. The Hall–Kier alpha value is -5.93. The zero-order valence-electron chi connectivity index (χ0n) is 23.9. The van der Waals surface area contributed by atoms with Gasteiger partial charge in [0.15, 0.2) is 0 Å². The Morgan fingerprint density at radius 1 is 0.341 bits per heavy atom. The molecule has 0 amide bonds. The van der Waals surface area contributed by atoms with Crippen LogP contribution in [-0.4, -0.2) is 14.1 Å². The van der Waals surface area contributed by atoms with Crippen molar-refractivity contribution in [1.82, 2.24) is 14.1 Å². The fourth-order valence-electron chi connectivity index (χ4n) is 6.80. The van der Waals surface area contributed by atoms with Crippen molar-refractivity contribution in [2.75, 3.05) is 0 Å². The van der Waals surface area contributed by atoms with Gasteiger partial charge in [0.25, 0.3) is 0 Å². The van der Waals surface area contributed by atoms with Gasteiger partial charge in [-0.05, 0) is 41.5 Å². The van der Waals surface area contributed by atoms with Crippen LogP contribution >= 0.6 is 0 Å². The molecule has 0 radical (unpaired) electrons. The molecule has 0 atom stereocenters. The molecule has 0 aliphatic heterocycles. The van der Waals surface area contributed by atoms with E-state index in [1.54, 1.807) is 0 Å². The van der Waals surface area contributed by atoms with Crippen LogP contribution in [0.1, 0.15) is 0 Å². The molecule has 206 valence electrons. The highest BCUT2D eigenvalue weighted by molar-refractivity contribution is 6.17. The predicted octanol–water partition coefficient (Wildman–Crippen LogP) is 10.6. The number of fused-ring (bicyclic) bond motifs is 6. The van der Waals surface area contributed by atoms with Crippen LogP contribution in [0.3, 0.4) is 0 Å². The highest BCUT2D eigenvalue weighted by atomic mass is 15.1. The molecular weight excluding hydrogens is 534 g/mol. The third-order valence-corrected chi connectivity index (χ3v) is 8.74. The number of hydrogen-bond donors (Lipinski definition) is 0. The molecular formula is C41H27N3. The smallest absolute Gasteiger partial charge is 0.148 e. The lowest BCUT2D eigenvalue weighted by Gasteiger charge is -2.15. The predicted molar refractivity (Wildman–Crippen MR) is 184 cm³/mol. The van der Waals surface area contributed by atoms with Crippen LogP contribution in [0, 0.1) is 0 Å². The summed E-state index contributed by atoms with van der Waals surface area (Å²) >= 11 is 0. The molecule has 9 aromatic rings. The average molecular weight is 562 g/mol. The van der Waals surface area contributed by atoms with Crippen molar-refractivity contribution in [3.63, 3.8) is 0 Å². The first kappa shape index (κ1) is 24.6. The van der Waals surface area contributed by atoms with Gasteiger partial charge in [-0.3, -0.25) is 9.13 Å². The number of pyridine rings is 1. The Labute approximate surface area is 254 Å². The summed E-state index contributed by atoms with van der Waals surface area (Å²) in [7, 11) is 0. The van der Waals surface area contributed by atoms with E-state index in [4.69, 9.17) is 4.98 Å². The summed E-state index contributed by atoms with van der Waals surface area (Å²) in [5, 5.41) is 4.69. The standard InChI is InChI=1S/C41H27N3/c1-3-15-28(16-4-1)30-19-7-11-23-36(30)43-38-25-13-9-21-32(38)34-27-35-33-22-10-14-26-39(33)44(41(35)42-40(34)43)37-24-12-8-20-31(37)29-17-5-2-6-18-29/h1-27H. The second-order valence-corrected chi connectivity index (χ2v) is 11.2. The summed E-state index contributed by atoms with van der Waals surface area (Å²) < 4.78 is 4.69. The van der Waals surface area contributed by atoms with E-state index in [9.17, 15) is 0 Å².